The second kappa shape index (κ2) is 45.0. The lowest BCUT2D eigenvalue weighted by atomic mass is 10.1. The second-order valence-electron chi connectivity index (χ2n) is 14.5. The standard InChI is InChI=1S/C51H82O6/c1-4-7-10-13-15-17-19-21-23-24-25-26-28-29-31-33-35-38-41-44-50(53)56-47-48(46-55-49(52)43-40-37-12-9-6-3)57-51(54)45-42-39-36-34-32-30-27-22-20-18-16-14-11-8-5-2/h7-8,10-11,15-18,21-23,25-27,32,34,48H,4-6,9,12-14,19-20,24,28-31,33,35-47H2,1-3H3/b10-7-,11-8-,17-15-,18-16-,23-21-,26-25-,27-22-,34-32-. The van der Waals surface area contributed by atoms with E-state index in [1.165, 1.54) is 12.8 Å². The van der Waals surface area contributed by atoms with Gasteiger partial charge in [0.1, 0.15) is 13.2 Å². The lowest BCUT2D eigenvalue weighted by molar-refractivity contribution is -0.167. The minimum absolute atomic E-state index is 0.102. The van der Waals surface area contributed by atoms with Crippen LogP contribution in [0.15, 0.2) is 97.2 Å². The fourth-order valence-corrected chi connectivity index (χ4v) is 5.72. The molecule has 0 aromatic heterocycles. The Kier molecular flexibility index (Phi) is 42.1. The van der Waals surface area contributed by atoms with Gasteiger partial charge in [0.05, 0.1) is 0 Å². The van der Waals surface area contributed by atoms with Crippen LogP contribution >= 0.6 is 0 Å². The molecule has 57 heavy (non-hydrogen) atoms. The summed E-state index contributed by atoms with van der Waals surface area (Å²) in [4.78, 5) is 37.5. The first-order valence-corrected chi connectivity index (χ1v) is 22.7. The highest BCUT2D eigenvalue weighted by Crippen LogP contribution is 2.12. The number of esters is 3. The molecule has 0 saturated heterocycles. The molecule has 0 radical (unpaired) electrons. The Hall–Kier alpha value is -3.67. The quantitative estimate of drug-likeness (QED) is 0.0267. The zero-order valence-electron chi connectivity index (χ0n) is 36.6. The highest BCUT2D eigenvalue weighted by Gasteiger charge is 2.19. The first-order chi connectivity index (χ1) is 28.0. The summed E-state index contributed by atoms with van der Waals surface area (Å²) in [6.07, 6.45) is 58.5. The molecule has 0 fully saturated rings. The van der Waals surface area contributed by atoms with Crippen LogP contribution in [0.3, 0.4) is 0 Å². The smallest absolute Gasteiger partial charge is 0.306 e. The molecule has 0 aliphatic rings. The largest absolute Gasteiger partial charge is 0.462 e. The molecule has 0 amide bonds. The molecule has 0 N–H and O–H groups in total. The van der Waals surface area contributed by atoms with Crippen molar-refractivity contribution < 1.29 is 28.6 Å². The average Bonchev–Trinajstić information content (AvgIpc) is 3.21. The summed E-state index contributed by atoms with van der Waals surface area (Å²) in [5, 5.41) is 0. The van der Waals surface area contributed by atoms with Crippen LogP contribution in [0.5, 0.6) is 0 Å². The van der Waals surface area contributed by atoms with Crippen LogP contribution in [-0.4, -0.2) is 37.2 Å². The van der Waals surface area contributed by atoms with E-state index in [-0.39, 0.29) is 37.5 Å². The van der Waals surface area contributed by atoms with Gasteiger partial charge in [-0.15, -0.1) is 0 Å². The molecule has 0 heterocycles. The first-order valence-electron chi connectivity index (χ1n) is 22.7. The van der Waals surface area contributed by atoms with Gasteiger partial charge >= 0.3 is 17.9 Å². The van der Waals surface area contributed by atoms with Crippen molar-refractivity contribution in [2.45, 2.75) is 194 Å². The van der Waals surface area contributed by atoms with Crippen LogP contribution in [0.4, 0.5) is 0 Å². The normalized spacial score (nSPS) is 13.0. The van der Waals surface area contributed by atoms with Crippen molar-refractivity contribution in [1.82, 2.24) is 0 Å². The van der Waals surface area contributed by atoms with Crippen molar-refractivity contribution in [1.29, 1.82) is 0 Å². The van der Waals surface area contributed by atoms with Gasteiger partial charge in [-0.05, 0) is 96.3 Å². The number of hydrogen-bond acceptors (Lipinski definition) is 6. The van der Waals surface area contributed by atoms with Crippen LogP contribution < -0.4 is 0 Å². The third-order valence-corrected chi connectivity index (χ3v) is 9.08. The van der Waals surface area contributed by atoms with Gasteiger partial charge in [0.15, 0.2) is 6.10 Å². The molecule has 0 aliphatic carbocycles. The fourth-order valence-electron chi connectivity index (χ4n) is 5.72. The van der Waals surface area contributed by atoms with E-state index < -0.39 is 6.10 Å². The van der Waals surface area contributed by atoms with Gasteiger partial charge in [0.2, 0.25) is 0 Å². The third kappa shape index (κ3) is 43.3. The lowest BCUT2D eigenvalue weighted by Gasteiger charge is -2.18. The van der Waals surface area contributed by atoms with Gasteiger partial charge < -0.3 is 14.2 Å². The number of allylic oxidation sites excluding steroid dienone is 16. The van der Waals surface area contributed by atoms with Crippen LogP contribution in [0.2, 0.25) is 0 Å². The van der Waals surface area contributed by atoms with E-state index in [9.17, 15) is 14.4 Å². The van der Waals surface area contributed by atoms with Crippen molar-refractivity contribution >= 4 is 17.9 Å². The Labute approximate surface area is 349 Å². The first kappa shape index (κ1) is 53.3. The fraction of sp³-hybridized carbons (Fsp3) is 0.627. The second-order valence-corrected chi connectivity index (χ2v) is 14.5. The van der Waals surface area contributed by atoms with Crippen molar-refractivity contribution in [3.63, 3.8) is 0 Å². The average molecular weight is 791 g/mol. The maximum Gasteiger partial charge on any atom is 0.306 e. The molecule has 0 aromatic rings. The van der Waals surface area contributed by atoms with E-state index >= 15 is 0 Å². The third-order valence-electron chi connectivity index (χ3n) is 9.08. The highest BCUT2D eigenvalue weighted by molar-refractivity contribution is 5.71. The summed E-state index contributed by atoms with van der Waals surface area (Å²) in [5.41, 5.74) is 0. The Bertz CT molecular complexity index is 1180. The molecule has 6 heteroatoms. The molecule has 1 atom stereocenters. The van der Waals surface area contributed by atoms with E-state index in [0.29, 0.717) is 19.3 Å². The van der Waals surface area contributed by atoms with Gasteiger partial charge in [0.25, 0.3) is 0 Å². The van der Waals surface area contributed by atoms with Gasteiger partial charge in [-0.1, -0.05) is 169 Å². The van der Waals surface area contributed by atoms with Gasteiger partial charge in [-0.3, -0.25) is 14.4 Å². The van der Waals surface area contributed by atoms with Crippen LogP contribution in [0.1, 0.15) is 188 Å². The topological polar surface area (TPSA) is 78.9 Å². The minimum atomic E-state index is -0.801. The molecule has 0 spiro atoms. The summed E-state index contributed by atoms with van der Waals surface area (Å²) < 4.78 is 16.6. The molecule has 0 rings (SSSR count). The van der Waals surface area contributed by atoms with Crippen LogP contribution in [-0.2, 0) is 28.6 Å². The van der Waals surface area contributed by atoms with E-state index in [1.807, 2.05) is 0 Å². The number of rotatable bonds is 39. The molecule has 0 aromatic carbocycles. The summed E-state index contributed by atoms with van der Waals surface area (Å²) >= 11 is 0. The maximum atomic E-state index is 12.7. The van der Waals surface area contributed by atoms with Gasteiger partial charge in [-0.25, -0.2) is 0 Å². The summed E-state index contributed by atoms with van der Waals surface area (Å²) in [7, 11) is 0. The molecule has 0 saturated carbocycles. The minimum Gasteiger partial charge on any atom is -0.462 e. The van der Waals surface area contributed by atoms with E-state index in [4.69, 9.17) is 14.2 Å². The van der Waals surface area contributed by atoms with E-state index in [2.05, 4.69) is 118 Å². The summed E-state index contributed by atoms with van der Waals surface area (Å²) in [6.45, 7) is 6.25. The summed E-state index contributed by atoms with van der Waals surface area (Å²) in [5.74, 6) is -0.982. The zero-order valence-corrected chi connectivity index (χ0v) is 36.6. The van der Waals surface area contributed by atoms with Gasteiger partial charge in [-0.2, -0.15) is 0 Å². The predicted octanol–water partition coefficient (Wildman–Crippen LogP) is 14.6. The number of unbranched alkanes of at least 4 members (excludes halogenated alkanes) is 12. The Morgan fingerprint density at radius 1 is 0.368 bits per heavy atom. The Balaban J connectivity index is 4.32. The van der Waals surface area contributed by atoms with Crippen LogP contribution in [0, 0.1) is 0 Å². The number of carbonyl (C=O) groups is 3. The molecule has 0 aliphatic heterocycles. The lowest BCUT2D eigenvalue weighted by Crippen LogP contribution is -2.30. The molecule has 6 nitrogen and oxygen atoms in total. The van der Waals surface area contributed by atoms with Crippen molar-refractivity contribution in [2.24, 2.45) is 0 Å². The maximum absolute atomic E-state index is 12.7. The Morgan fingerprint density at radius 3 is 1.11 bits per heavy atom. The molecular formula is C51H82O6. The molecule has 1 unspecified atom stereocenters. The zero-order chi connectivity index (χ0) is 41.5. The van der Waals surface area contributed by atoms with Gasteiger partial charge in [0, 0.05) is 19.3 Å². The summed E-state index contributed by atoms with van der Waals surface area (Å²) in [6, 6.07) is 0. The number of ether oxygens (including phenoxy) is 3. The number of hydrogen-bond donors (Lipinski definition) is 0. The highest BCUT2D eigenvalue weighted by atomic mass is 16.6. The van der Waals surface area contributed by atoms with Crippen molar-refractivity contribution in [3.05, 3.63) is 97.2 Å². The molecule has 322 valence electrons. The SMILES string of the molecule is CC/C=C\C/C=C\C/C=C\C/C=C\CCCCCCCCC(=O)OCC(COC(=O)CCCCCCC)OC(=O)CCCC/C=C\C/C=C\C/C=C\C/C=C\CC. The predicted molar refractivity (Wildman–Crippen MR) is 242 cm³/mol. The van der Waals surface area contributed by atoms with Crippen LogP contribution in [0.25, 0.3) is 0 Å². The monoisotopic (exact) mass is 791 g/mol. The van der Waals surface area contributed by atoms with Crippen molar-refractivity contribution in [2.75, 3.05) is 13.2 Å². The molecular weight excluding hydrogens is 709 g/mol. The number of carbonyl (C=O) groups excluding carboxylic acids is 3. The van der Waals surface area contributed by atoms with Crippen molar-refractivity contribution in [3.8, 4) is 0 Å². The van der Waals surface area contributed by atoms with E-state index in [0.717, 1.165) is 128 Å². The Morgan fingerprint density at radius 2 is 0.684 bits per heavy atom. The van der Waals surface area contributed by atoms with E-state index in [1.54, 1.807) is 0 Å². The molecule has 0 bridgehead atoms.